The van der Waals surface area contributed by atoms with Gasteiger partial charge in [0.25, 0.3) is 0 Å². The van der Waals surface area contributed by atoms with Crippen molar-refractivity contribution < 1.29 is 47.8 Å². The standard InChI is InChI=1S/C10H19O10P/c1-7(12)17-5-10(20-8(2)13)6-19-21(15,16)18-4-9(14)3-11/h9-11,14H,3-6H2,1-2H3,(H,15,16)/t9-,10+/m1/s1. The number of aliphatic hydroxyl groups excluding tert-OH is 2. The third kappa shape index (κ3) is 11.3. The number of esters is 2. The molecule has 0 aliphatic heterocycles. The van der Waals surface area contributed by atoms with E-state index in [2.05, 4.69) is 13.8 Å². The first-order chi connectivity index (χ1) is 9.66. The van der Waals surface area contributed by atoms with E-state index in [1.54, 1.807) is 0 Å². The monoisotopic (exact) mass is 330 g/mol. The number of phosphoric ester groups is 1. The smallest absolute Gasteiger partial charge is 0.462 e. The van der Waals surface area contributed by atoms with Crippen molar-refractivity contribution in [2.75, 3.05) is 26.4 Å². The van der Waals surface area contributed by atoms with Gasteiger partial charge in [0.15, 0.2) is 6.10 Å². The lowest BCUT2D eigenvalue weighted by Crippen LogP contribution is -2.28. The maximum Gasteiger partial charge on any atom is 0.472 e. The first kappa shape index (κ1) is 20.0. The molecule has 0 amide bonds. The highest BCUT2D eigenvalue weighted by molar-refractivity contribution is 7.47. The van der Waals surface area contributed by atoms with Crippen LogP contribution in [0.4, 0.5) is 0 Å². The molecule has 0 spiro atoms. The highest BCUT2D eigenvalue weighted by Crippen LogP contribution is 2.43. The molecule has 0 radical (unpaired) electrons. The fourth-order valence-corrected chi connectivity index (χ4v) is 1.80. The van der Waals surface area contributed by atoms with Gasteiger partial charge in [-0.3, -0.25) is 18.6 Å². The summed E-state index contributed by atoms with van der Waals surface area (Å²) in [6, 6.07) is 0. The normalized spacial score (nSPS) is 16.6. The Bertz CT molecular complexity index is 384. The van der Waals surface area contributed by atoms with Crippen LogP contribution in [-0.4, -0.2) is 65.7 Å². The summed E-state index contributed by atoms with van der Waals surface area (Å²) >= 11 is 0. The Morgan fingerprint density at radius 3 is 2.14 bits per heavy atom. The van der Waals surface area contributed by atoms with Gasteiger partial charge in [0.2, 0.25) is 0 Å². The Hall–Kier alpha value is -1.03. The van der Waals surface area contributed by atoms with Crippen LogP contribution in [-0.2, 0) is 32.7 Å². The molecule has 0 aromatic rings. The number of ether oxygens (including phenoxy) is 2. The van der Waals surface area contributed by atoms with Gasteiger partial charge in [-0.05, 0) is 0 Å². The van der Waals surface area contributed by atoms with Gasteiger partial charge in [-0.2, -0.15) is 0 Å². The van der Waals surface area contributed by atoms with E-state index in [0.29, 0.717) is 0 Å². The fraction of sp³-hybridized carbons (Fsp3) is 0.800. The first-order valence-electron chi connectivity index (χ1n) is 5.87. The summed E-state index contributed by atoms with van der Waals surface area (Å²) in [6.45, 7) is 0.0639. The van der Waals surface area contributed by atoms with E-state index in [9.17, 15) is 19.0 Å². The van der Waals surface area contributed by atoms with Gasteiger partial charge in [0, 0.05) is 13.8 Å². The minimum Gasteiger partial charge on any atom is -0.462 e. The van der Waals surface area contributed by atoms with E-state index in [1.807, 2.05) is 0 Å². The highest BCUT2D eigenvalue weighted by Gasteiger charge is 2.26. The Morgan fingerprint density at radius 2 is 1.67 bits per heavy atom. The molecule has 0 aromatic carbocycles. The van der Waals surface area contributed by atoms with Crippen molar-refractivity contribution in [1.82, 2.24) is 0 Å². The van der Waals surface area contributed by atoms with Crippen molar-refractivity contribution in [3.05, 3.63) is 0 Å². The van der Waals surface area contributed by atoms with Crippen LogP contribution in [0.15, 0.2) is 0 Å². The number of hydrogen-bond acceptors (Lipinski definition) is 9. The van der Waals surface area contributed by atoms with Gasteiger partial charge in [-0.25, -0.2) is 4.57 Å². The second-order valence-corrected chi connectivity index (χ2v) is 5.38. The average Bonchev–Trinajstić information content (AvgIpc) is 2.38. The number of hydrogen-bond donors (Lipinski definition) is 3. The molecule has 0 bridgehead atoms. The van der Waals surface area contributed by atoms with E-state index in [-0.39, 0.29) is 6.61 Å². The Balaban J connectivity index is 4.32. The minimum absolute atomic E-state index is 0.353. The molecule has 0 aromatic heterocycles. The largest absolute Gasteiger partial charge is 0.472 e. The SMILES string of the molecule is CC(=O)OC[C@@H](COP(=O)(O)OC[C@H](O)CO)OC(C)=O. The molecule has 0 saturated heterocycles. The fourth-order valence-electron chi connectivity index (χ4n) is 1.01. The lowest BCUT2D eigenvalue weighted by atomic mass is 10.4. The van der Waals surface area contributed by atoms with E-state index >= 15 is 0 Å². The lowest BCUT2D eigenvalue weighted by Gasteiger charge is -2.19. The molecule has 124 valence electrons. The molecule has 0 aliphatic carbocycles. The first-order valence-corrected chi connectivity index (χ1v) is 7.37. The van der Waals surface area contributed by atoms with Crippen molar-refractivity contribution in [3.63, 3.8) is 0 Å². The predicted molar refractivity (Wildman–Crippen MR) is 67.0 cm³/mol. The molecule has 3 N–H and O–H groups in total. The maximum absolute atomic E-state index is 11.4. The van der Waals surface area contributed by atoms with Crippen LogP contribution in [0.5, 0.6) is 0 Å². The minimum atomic E-state index is -4.51. The van der Waals surface area contributed by atoms with Gasteiger partial charge in [0.1, 0.15) is 12.7 Å². The summed E-state index contributed by atoms with van der Waals surface area (Å²) in [5, 5.41) is 17.5. The van der Waals surface area contributed by atoms with Crippen molar-refractivity contribution in [2.24, 2.45) is 0 Å². The quantitative estimate of drug-likeness (QED) is 0.335. The third-order valence-corrected chi connectivity index (χ3v) is 2.82. The zero-order chi connectivity index (χ0) is 16.5. The Morgan fingerprint density at radius 1 is 1.10 bits per heavy atom. The molecule has 1 unspecified atom stereocenters. The van der Waals surface area contributed by atoms with Crippen molar-refractivity contribution in [1.29, 1.82) is 0 Å². The van der Waals surface area contributed by atoms with Crippen LogP contribution in [0.1, 0.15) is 13.8 Å². The molecule has 0 heterocycles. The van der Waals surface area contributed by atoms with Crippen LogP contribution < -0.4 is 0 Å². The van der Waals surface area contributed by atoms with Gasteiger partial charge in [-0.1, -0.05) is 0 Å². The second kappa shape index (κ2) is 9.82. The van der Waals surface area contributed by atoms with Crippen molar-refractivity contribution >= 4 is 19.8 Å². The van der Waals surface area contributed by atoms with Crippen molar-refractivity contribution in [2.45, 2.75) is 26.1 Å². The zero-order valence-corrected chi connectivity index (χ0v) is 12.5. The van der Waals surface area contributed by atoms with Crippen LogP contribution >= 0.6 is 7.82 Å². The lowest BCUT2D eigenvalue weighted by molar-refractivity contribution is -0.158. The van der Waals surface area contributed by atoms with Crippen LogP contribution in [0.3, 0.4) is 0 Å². The summed E-state index contributed by atoms with van der Waals surface area (Å²) in [5.41, 5.74) is 0. The summed E-state index contributed by atoms with van der Waals surface area (Å²) in [6.07, 6.45) is -2.42. The van der Waals surface area contributed by atoms with Gasteiger partial charge in [-0.15, -0.1) is 0 Å². The maximum atomic E-state index is 11.4. The number of carbonyl (C=O) groups is 2. The van der Waals surface area contributed by atoms with Crippen molar-refractivity contribution in [3.8, 4) is 0 Å². The molecule has 0 saturated carbocycles. The molecule has 21 heavy (non-hydrogen) atoms. The van der Waals surface area contributed by atoms with E-state index < -0.39 is 51.8 Å². The van der Waals surface area contributed by atoms with Gasteiger partial charge >= 0.3 is 19.8 Å². The molecule has 10 nitrogen and oxygen atoms in total. The summed E-state index contributed by atoms with van der Waals surface area (Å²) in [7, 11) is -4.51. The molecule has 3 atom stereocenters. The molecule has 0 fully saturated rings. The number of aliphatic hydroxyl groups is 2. The topological polar surface area (TPSA) is 149 Å². The molecule has 11 heteroatoms. The van der Waals surface area contributed by atoms with Gasteiger partial charge in [0.05, 0.1) is 19.8 Å². The van der Waals surface area contributed by atoms with Crippen LogP contribution in [0, 0.1) is 0 Å². The Labute approximate surface area is 121 Å². The van der Waals surface area contributed by atoms with E-state index in [4.69, 9.17) is 14.9 Å². The van der Waals surface area contributed by atoms with E-state index in [1.165, 1.54) is 0 Å². The average molecular weight is 330 g/mol. The molecular weight excluding hydrogens is 311 g/mol. The number of rotatable bonds is 10. The van der Waals surface area contributed by atoms with E-state index in [0.717, 1.165) is 13.8 Å². The molecule has 0 aliphatic rings. The number of phosphoric acid groups is 1. The number of carbonyl (C=O) groups excluding carboxylic acids is 2. The summed E-state index contributed by atoms with van der Waals surface area (Å²) in [4.78, 5) is 30.8. The highest BCUT2D eigenvalue weighted by atomic mass is 31.2. The second-order valence-electron chi connectivity index (χ2n) is 3.93. The predicted octanol–water partition coefficient (Wildman–Crippen LogP) is -1.03. The zero-order valence-electron chi connectivity index (χ0n) is 11.6. The third-order valence-electron chi connectivity index (χ3n) is 1.87. The molecule has 0 rings (SSSR count). The molecular formula is C10H19O10P. The van der Waals surface area contributed by atoms with Crippen LogP contribution in [0.25, 0.3) is 0 Å². The van der Waals surface area contributed by atoms with Crippen LogP contribution in [0.2, 0.25) is 0 Å². The van der Waals surface area contributed by atoms with Gasteiger partial charge < -0.3 is 24.6 Å². The summed E-state index contributed by atoms with van der Waals surface area (Å²) < 4.78 is 29.7. The summed E-state index contributed by atoms with van der Waals surface area (Å²) in [5.74, 6) is -1.32. The Kier molecular flexibility index (Phi) is 9.34.